The van der Waals surface area contributed by atoms with Gasteiger partial charge in [0.05, 0.1) is 12.2 Å². The van der Waals surface area contributed by atoms with Gasteiger partial charge in [-0.25, -0.2) is 4.79 Å². The summed E-state index contributed by atoms with van der Waals surface area (Å²) in [5.41, 5.74) is 3.43. The van der Waals surface area contributed by atoms with Crippen LogP contribution in [0.3, 0.4) is 0 Å². The van der Waals surface area contributed by atoms with Crippen LogP contribution in [0.2, 0.25) is 0 Å². The molecule has 156 valence electrons. The van der Waals surface area contributed by atoms with Gasteiger partial charge in [-0.15, -0.1) is 0 Å². The van der Waals surface area contributed by atoms with Crippen molar-refractivity contribution in [3.63, 3.8) is 0 Å². The number of ether oxygens (including phenoxy) is 1. The molecule has 0 fully saturated rings. The van der Waals surface area contributed by atoms with Crippen LogP contribution in [0.15, 0.2) is 72.8 Å². The normalized spacial score (nSPS) is 9.97. The summed E-state index contributed by atoms with van der Waals surface area (Å²) in [5.74, 6) is 5.90. The fourth-order valence-corrected chi connectivity index (χ4v) is 2.91. The molecule has 3 aromatic rings. The molecule has 5 heteroatoms. The summed E-state index contributed by atoms with van der Waals surface area (Å²) in [6.45, 7) is 2.90. The average molecular weight is 413 g/mol. The Morgan fingerprint density at radius 2 is 1.65 bits per heavy atom. The molecule has 1 amide bonds. The number of rotatable bonds is 7. The predicted octanol–water partition coefficient (Wildman–Crippen LogP) is 4.31. The van der Waals surface area contributed by atoms with E-state index >= 15 is 0 Å². The maximum Gasteiger partial charge on any atom is 0.335 e. The Balaban J connectivity index is 1.57. The Labute approximate surface area is 181 Å². The Kier molecular flexibility index (Phi) is 7.45. The van der Waals surface area contributed by atoms with Crippen LogP contribution in [0.4, 0.5) is 0 Å². The summed E-state index contributed by atoms with van der Waals surface area (Å²) in [4.78, 5) is 23.4. The molecule has 0 bridgehead atoms. The van der Waals surface area contributed by atoms with Gasteiger partial charge in [-0.05, 0) is 60.5 Å². The van der Waals surface area contributed by atoms with Gasteiger partial charge in [0, 0.05) is 24.1 Å². The molecule has 0 heterocycles. The van der Waals surface area contributed by atoms with Gasteiger partial charge in [-0.3, -0.25) is 4.79 Å². The molecule has 31 heavy (non-hydrogen) atoms. The molecule has 0 aliphatic heterocycles. The molecule has 0 saturated heterocycles. The number of nitrogens with one attached hydrogen (secondary N) is 1. The van der Waals surface area contributed by atoms with E-state index in [1.807, 2.05) is 37.3 Å². The SMILES string of the molecule is CCOc1ccc(CC#Cc2cccc(C(=O)NCc3ccc(C(=O)O)cc3)c2)cc1. The molecule has 0 spiro atoms. The first kappa shape index (κ1) is 21.7. The number of hydrogen-bond donors (Lipinski definition) is 2. The van der Waals surface area contributed by atoms with E-state index < -0.39 is 5.97 Å². The first-order chi connectivity index (χ1) is 15.0. The van der Waals surface area contributed by atoms with E-state index in [-0.39, 0.29) is 11.5 Å². The Hall–Kier alpha value is -4.04. The summed E-state index contributed by atoms with van der Waals surface area (Å²) in [7, 11) is 0. The topological polar surface area (TPSA) is 75.6 Å². The molecule has 5 nitrogen and oxygen atoms in total. The van der Waals surface area contributed by atoms with Crippen molar-refractivity contribution in [3.05, 3.63) is 101 Å². The van der Waals surface area contributed by atoms with E-state index in [4.69, 9.17) is 9.84 Å². The smallest absolute Gasteiger partial charge is 0.335 e. The van der Waals surface area contributed by atoms with E-state index in [0.29, 0.717) is 25.1 Å². The van der Waals surface area contributed by atoms with Crippen molar-refractivity contribution in [1.82, 2.24) is 5.32 Å². The molecule has 0 unspecified atom stereocenters. The summed E-state index contributed by atoms with van der Waals surface area (Å²) >= 11 is 0. The molecule has 0 aromatic heterocycles. The largest absolute Gasteiger partial charge is 0.494 e. The number of carboxylic acid groups (broad SMARTS) is 1. The zero-order valence-corrected chi connectivity index (χ0v) is 17.2. The highest BCUT2D eigenvalue weighted by Crippen LogP contribution is 2.12. The lowest BCUT2D eigenvalue weighted by Crippen LogP contribution is -2.22. The Morgan fingerprint density at radius 3 is 2.32 bits per heavy atom. The van der Waals surface area contributed by atoms with Crippen molar-refractivity contribution in [3.8, 4) is 17.6 Å². The van der Waals surface area contributed by atoms with Crippen molar-refractivity contribution < 1.29 is 19.4 Å². The third kappa shape index (κ3) is 6.48. The Morgan fingerprint density at radius 1 is 0.935 bits per heavy atom. The average Bonchev–Trinajstić information content (AvgIpc) is 2.79. The maximum atomic E-state index is 12.5. The molecule has 3 rings (SSSR count). The monoisotopic (exact) mass is 413 g/mol. The second-order valence-corrected chi connectivity index (χ2v) is 6.82. The van der Waals surface area contributed by atoms with Crippen molar-refractivity contribution in [2.45, 2.75) is 19.9 Å². The van der Waals surface area contributed by atoms with Crippen LogP contribution in [0.25, 0.3) is 0 Å². The molecular weight excluding hydrogens is 390 g/mol. The van der Waals surface area contributed by atoms with Crippen molar-refractivity contribution in [2.24, 2.45) is 0 Å². The Bertz CT molecular complexity index is 1110. The molecule has 0 saturated carbocycles. The standard InChI is InChI=1S/C26H23NO4/c1-2-31-24-15-11-19(12-16-24)5-3-6-20-7-4-8-23(17-20)25(28)27-18-21-9-13-22(14-10-21)26(29)30/h4,7-17H,2,5,18H2,1H3,(H,27,28)(H,29,30). The van der Waals surface area contributed by atoms with Crippen molar-refractivity contribution >= 4 is 11.9 Å². The fraction of sp³-hybridized carbons (Fsp3) is 0.154. The minimum atomic E-state index is -0.976. The van der Waals surface area contributed by atoms with Crippen molar-refractivity contribution in [2.75, 3.05) is 6.61 Å². The molecule has 0 aliphatic rings. The third-order valence-corrected chi connectivity index (χ3v) is 4.54. The highest BCUT2D eigenvalue weighted by Gasteiger charge is 2.07. The van der Waals surface area contributed by atoms with E-state index in [2.05, 4.69) is 17.2 Å². The van der Waals surface area contributed by atoms with Crippen LogP contribution in [0, 0.1) is 11.8 Å². The number of amides is 1. The number of hydrogen-bond acceptors (Lipinski definition) is 3. The zero-order chi connectivity index (χ0) is 22.1. The second-order valence-electron chi connectivity index (χ2n) is 6.82. The summed E-state index contributed by atoms with van der Waals surface area (Å²) in [6, 6.07) is 21.4. The highest BCUT2D eigenvalue weighted by atomic mass is 16.5. The van der Waals surface area contributed by atoms with Crippen LogP contribution >= 0.6 is 0 Å². The lowest BCUT2D eigenvalue weighted by atomic mass is 10.1. The van der Waals surface area contributed by atoms with Crippen molar-refractivity contribution in [1.29, 1.82) is 0 Å². The minimum absolute atomic E-state index is 0.211. The summed E-state index contributed by atoms with van der Waals surface area (Å²) in [5, 5.41) is 11.8. The van der Waals surface area contributed by atoms with Gasteiger partial charge < -0.3 is 15.2 Å². The molecule has 0 atom stereocenters. The lowest BCUT2D eigenvalue weighted by molar-refractivity contribution is 0.0696. The molecule has 0 aliphatic carbocycles. The molecule has 0 radical (unpaired) electrons. The predicted molar refractivity (Wildman–Crippen MR) is 119 cm³/mol. The fourth-order valence-electron chi connectivity index (χ4n) is 2.91. The number of aromatic carboxylic acids is 1. The molecular formula is C26H23NO4. The number of carboxylic acids is 1. The van der Waals surface area contributed by atoms with E-state index in [1.165, 1.54) is 12.1 Å². The van der Waals surface area contributed by atoms with Crippen LogP contribution in [-0.2, 0) is 13.0 Å². The van der Waals surface area contributed by atoms with Gasteiger partial charge in [-0.2, -0.15) is 0 Å². The molecule has 3 aromatic carbocycles. The number of benzene rings is 3. The van der Waals surface area contributed by atoms with Gasteiger partial charge in [0.15, 0.2) is 0 Å². The second kappa shape index (κ2) is 10.7. The van der Waals surface area contributed by atoms with Gasteiger partial charge in [0.25, 0.3) is 5.91 Å². The van der Waals surface area contributed by atoms with Crippen LogP contribution < -0.4 is 10.1 Å². The van der Waals surface area contributed by atoms with E-state index in [1.54, 1.807) is 30.3 Å². The number of carbonyl (C=O) groups excluding carboxylic acids is 1. The third-order valence-electron chi connectivity index (χ3n) is 4.54. The van der Waals surface area contributed by atoms with E-state index in [9.17, 15) is 9.59 Å². The van der Waals surface area contributed by atoms with E-state index in [0.717, 1.165) is 22.4 Å². The first-order valence-corrected chi connectivity index (χ1v) is 9.96. The van der Waals surface area contributed by atoms with Crippen LogP contribution in [0.1, 0.15) is 44.3 Å². The van der Waals surface area contributed by atoms with Crippen LogP contribution in [0.5, 0.6) is 5.75 Å². The quantitative estimate of drug-likeness (QED) is 0.566. The zero-order valence-electron chi connectivity index (χ0n) is 17.2. The molecule has 2 N–H and O–H groups in total. The van der Waals surface area contributed by atoms with Gasteiger partial charge in [0.1, 0.15) is 5.75 Å². The van der Waals surface area contributed by atoms with Gasteiger partial charge in [-0.1, -0.05) is 42.2 Å². The maximum absolute atomic E-state index is 12.5. The lowest BCUT2D eigenvalue weighted by Gasteiger charge is -2.06. The first-order valence-electron chi connectivity index (χ1n) is 9.96. The van der Waals surface area contributed by atoms with Crippen LogP contribution in [-0.4, -0.2) is 23.6 Å². The number of carbonyl (C=O) groups is 2. The summed E-state index contributed by atoms with van der Waals surface area (Å²) in [6.07, 6.45) is 0.606. The highest BCUT2D eigenvalue weighted by molar-refractivity contribution is 5.94. The van der Waals surface area contributed by atoms with Gasteiger partial charge in [0.2, 0.25) is 0 Å². The summed E-state index contributed by atoms with van der Waals surface area (Å²) < 4.78 is 5.44. The minimum Gasteiger partial charge on any atom is -0.494 e. The van der Waals surface area contributed by atoms with Gasteiger partial charge >= 0.3 is 5.97 Å².